The Morgan fingerprint density at radius 1 is 1.25 bits per heavy atom. The third kappa shape index (κ3) is 3.36. The van der Waals surface area contributed by atoms with Crippen molar-refractivity contribution < 1.29 is 13.6 Å². The van der Waals surface area contributed by atoms with Crippen LogP contribution >= 0.6 is 0 Å². The number of halogens is 2. The fourth-order valence-corrected chi connectivity index (χ4v) is 3.49. The quantitative estimate of drug-likeness (QED) is 0.698. The van der Waals surface area contributed by atoms with Crippen molar-refractivity contribution in [2.75, 3.05) is 5.32 Å². The van der Waals surface area contributed by atoms with Crippen LogP contribution in [0, 0.1) is 13.8 Å². The number of hydrogen-bond donors (Lipinski definition) is 1. The summed E-state index contributed by atoms with van der Waals surface area (Å²) < 4.78 is 30.4. The van der Waals surface area contributed by atoms with E-state index in [1.807, 2.05) is 13.8 Å². The molecule has 3 heterocycles. The summed E-state index contributed by atoms with van der Waals surface area (Å²) in [6, 6.07) is 3.27. The molecule has 0 saturated heterocycles. The highest BCUT2D eigenvalue weighted by Gasteiger charge is 2.29. The van der Waals surface area contributed by atoms with Crippen molar-refractivity contribution in [2.45, 2.75) is 59.0 Å². The lowest BCUT2D eigenvalue weighted by molar-refractivity contribution is -0.116. The zero-order valence-corrected chi connectivity index (χ0v) is 16.0. The van der Waals surface area contributed by atoms with Gasteiger partial charge in [0.15, 0.2) is 11.5 Å². The Balaban J connectivity index is 1.65. The van der Waals surface area contributed by atoms with Gasteiger partial charge in [-0.05, 0) is 39.7 Å². The molecule has 7 nitrogen and oxygen atoms in total. The summed E-state index contributed by atoms with van der Waals surface area (Å²) in [6.45, 7) is 6.12. The molecule has 1 saturated carbocycles. The smallest absolute Gasteiger partial charge is 0.264 e. The number of aromatic nitrogens is 5. The van der Waals surface area contributed by atoms with Gasteiger partial charge in [0.05, 0.1) is 11.1 Å². The van der Waals surface area contributed by atoms with Gasteiger partial charge in [0.25, 0.3) is 6.43 Å². The monoisotopic (exact) mass is 388 g/mol. The van der Waals surface area contributed by atoms with Crippen LogP contribution in [0.1, 0.15) is 54.8 Å². The summed E-state index contributed by atoms with van der Waals surface area (Å²) >= 11 is 0. The van der Waals surface area contributed by atoms with E-state index >= 15 is 0 Å². The number of hydrogen-bond acceptors (Lipinski definition) is 4. The summed E-state index contributed by atoms with van der Waals surface area (Å²) in [4.78, 5) is 17.1. The van der Waals surface area contributed by atoms with Crippen molar-refractivity contribution in [3.05, 3.63) is 34.8 Å². The molecule has 1 fully saturated rings. The molecule has 0 atom stereocenters. The maximum atomic E-state index is 13.6. The van der Waals surface area contributed by atoms with Crippen molar-refractivity contribution >= 4 is 22.8 Å². The van der Waals surface area contributed by atoms with Crippen LogP contribution in [0.4, 0.5) is 14.6 Å². The summed E-state index contributed by atoms with van der Waals surface area (Å²) in [7, 11) is 0. The SMILES string of the molecule is CCn1nc(NC(=O)Cn2nc(C)c3c(C(F)F)cc(C4CC4)nc32)cc1C. The third-order valence-corrected chi connectivity index (χ3v) is 5.00. The topological polar surface area (TPSA) is 77.6 Å². The molecule has 1 amide bonds. The summed E-state index contributed by atoms with van der Waals surface area (Å²) in [5, 5.41) is 11.7. The average molecular weight is 388 g/mol. The van der Waals surface area contributed by atoms with Crippen LogP contribution in [0.3, 0.4) is 0 Å². The van der Waals surface area contributed by atoms with Crippen LogP contribution in [0.5, 0.6) is 0 Å². The van der Waals surface area contributed by atoms with Crippen molar-refractivity contribution in [3.8, 4) is 0 Å². The van der Waals surface area contributed by atoms with Gasteiger partial charge in [-0.1, -0.05) is 0 Å². The standard InChI is InChI=1S/C19H22F2N6O/c1-4-26-10(2)7-15(25-26)23-16(28)9-27-19-17(11(3)24-27)13(18(20)21)8-14(22-19)12-5-6-12/h7-8,12,18H,4-6,9H2,1-3H3,(H,23,25,28). The minimum atomic E-state index is -2.62. The Kier molecular flexibility index (Phi) is 4.60. The van der Waals surface area contributed by atoms with Gasteiger partial charge in [0.2, 0.25) is 5.91 Å². The summed E-state index contributed by atoms with van der Waals surface area (Å²) in [5.74, 6) is 0.347. The zero-order valence-electron chi connectivity index (χ0n) is 16.0. The number of rotatable bonds is 6. The maximum absolute atomic E-state index is 13.6. The Morgan fingerprint density at radius 3 is 2.61 bits per heavy atom. The summed E-state index contributed by atoms with van der Waals surface area (Å²) in [5.41, 5.74) is 2.31. The minimum absolute atomic E-state index is 0.0617. The van der Waals surface area contributed by atoms with E-state index in [0.29, 0.717) is 34.8 Å². The Morgan fingerprint density at radius 2 is 2.00 bits per heavy atom. The van der Waals surface area contributed by atoms with E-state index in [4.69, 9.17) is 0 Å². The van der Waals surface area contributed by atoms with Gasteiger partial charge in [0, 0.05) is 35.5 Å². The second-order valence-corrected chi connectivity index (χ2v) is 7.19. The molecule has 1 aliphatic carbocycles. The van der Waals surface area contributed by atoms with Crippen molar-refractivity contribution in [2.24, 2.45) is 0 Å². The molecule has 0 aromatic carbocycles. The molecule has 0 spiro atoms. The predicted octanol–water partition coefficient (Wildman–Crippen LogP) is 3.72. The van der Waals surface area contributed by atoms with E-state index in [9.17, 15) is 13.6 Å². The molecule has 148 valence electrons. The van der Waals surface area contributed by atoms with Gasteiger partial charge in [-0.2, -0.15) is 10.2 Å². The molecule has 3 aromatic rings. The van der Waals surface area contributed by atoms with Gasteiger partial charge >= 0.3 is 0 Å². The predicted molar refractivity (Wildman–Crippen MR) is 100 cm³/mol. The van der Waals surface area contributed by atoms with Gasteiger partial charge in [-0.25, -0.2) is 18.4 Å². The molecule has 0 unspecified atom stereocenters. The number of fused-ring (bicyclic) bond motifs is 1. The van der Waals surface area contributed by atoms with E-state index in [0.717, 1.165) is 18.5 Å². The van der Waals surface area contributed by atoms with Crippen LogP contribution in [0.25, 0.3) is 11.0 Å². The molecule has 0 aliphatic heterocycles. The number of carbonyl (C=O) groups is 1. The van der Waals surface area contributed by atoms with Gasteiger partial charge in [0.1, 0.15) is 6.54 Å². The maximum Gasteiger partial charge on any atom is 0.264 e. The number of nitrogens with one attached hydrogen (secondary N) is 1. The van der Waals surface area contributed by atoms with Crippen molar-refractivity contribution in [1.82, 2.24) is 24.5 Å². The largest absolute Gasteiger partial charge is 0.308 e. The van der Waals surface area contributed by atoms with Crippen molar-refractivity contribution in [1.29, 1.82) is 0 Å². The number of carbonyl (C=O) groups excluding carboxylic acids is 1. The van der Waals surface area contributed by atoms with Crippen LogP contribution in [0.15, 0.2) is 12.1 Å². The lowest BCUT2D eigenvalue weighted by Crippen LogP contribution is -2.20. The first-order valence-corrected chi connectivity index (χ1v) is 9.37. The number of aryl methyl sites for hydroxylation is 3. The Hall–Kier alpha value is -2.84. The van der Waals surface area contributed by atoms with Gasteiger partial charge in [-0.3, -0.25) is 9.48 Å². The zero-order chi connectivity index (χ0) is 20.0. The first-order chi connectivity index (χ1) is 13.4. The third-order valence-electron chi connectivity index (χ3n) is 5.00. The number of alkyl halides is 2. The second-order valence-electron chi connectivity index (χ2n) is 7.19. The lowest BCUT2D eigenvalue weighted by Gasteiger charge is -2.08. The normalized spacial score (nSPS) is 14.2. The van der Waals surface area contributed by atoms with Crippen LogP contribution in [0.2, 0.25) is 0 Å². The molecule has 0 bridgehead atoms. The highest BCUT2D eigenvalue weighted by atomic mass is 19.3. The Labute approximate surface area is 160 Å². The number of amides is 1. The number of anilines is 1. The van der Waals surface area contributed by atoms with Crippen LogP contribution in [-0.4, -0.2) is 30.5 Å². The molecular weight excluding hydrogens is 366 g/mol. The fourth-order valence-electron chi connectivity index (χ4n) is 3.49. The molecular formula is C19H22F2N6O. The number of nitrogens with zero attached hydrogens (tertiary/aromatic N) is 5. The van der Waals surface area contributed by atoms with E-state index in [2.05, 4.69) is 20.5 Å². The molecule has 0 radical (unpaired) electrons. The van der Waals surface area contributed by atoms with E-state index in [1.54, 1.807) is 17.7 Å². The lowest BCUT2D eigenvalue weighted by atomic mass is 10.1. The highest BCUT2D eigenvalue weighted by molar-refractivity contribution is 5.91. The molecule has 1 N–H and O–H groups in total. The van der Waals surface area contributed by atoms with Gasteiger partial charge < -0.3 is 5.32 Å². The molecule has 3 aromatic heterocycles. The first-order valence-electron chi connectivity index (χ1n) is 9.37. The number of pyridine rings is 1. The van der Waals surface area contributed by atoms with Crippen LogP contribution < -0.4 is 5.32 Å². The average Bonchev–Trinajstić information content (AvgIpc) is 3.37. The molecule has 1 aliphatic rings. The first kappa shape index (κ1) is 18.5. The van der Waals surface area contributed by atoms with Gasteiger partial charge in [-0.15, -0.1) is 0 Å². The summed E-state index contributed by atoms with van der Waals surface area (Å²) in [6.07, 6.45) is -0.711. The molecule has 4 rings (SSSR count). The minimum Gasteiger partial charge on any atom is -0.308 e. The Bertz CT molecular complexity index is 1050. The molecule has 9 heteroatoms. The van der Waals surface area contributed by atoms with E-state index in [-0.39, 0.29) is 23.9 Å². The second kappa shape index (κ2) is 6.96. The fraction of sp³-hybridized carbons (Fsp3) is 0.474. The van der Waals surface area contributed by atoms with E-state index < -0.39 is 6.43 Å². The molecule has 28 heavy (non-hydrogen) atoms. The van der Waals surface area contributed by atoms with E-state index in [1.165, 1.54) is 10.7 Å². The van der Waals surface area contributed by atoms with Crippen molar-refractivity contribution in [3.63, 3.8) is 0 Å². The highest BCUT2D eigenvalue weighted by Crippen LogP contribution is 2.41. The van der Waals surface area contributed by atoms with Crippen LogP contribution in [-0.2, 0) is 17.9 Å².